The van der Waals surface area contributed by atoms with E-state index in [1.54, 1.807) is 0 Å². The van der Waals surface area contributed by atoms with E-state index in [1.165, 1.54) is 12.0 Å². The number of nitrogens with one attached hydrogen (secondary N) is 1. The van der Waals surface area contributed by atoms with Gasteiger partial charge in [0.25, 0.3) is 0 Å². The van der Waals surface area contributed by atoms with E-state index in [0.29, 0.717) is 19.4 Å². The van der Waals surface area contributed by atoms with Crippen molar-refractivity contribution in [2.75, 3.05) is 20.2 Å². The Morgan fingerprint density at radius 2 is 2.06 bits per heavy atom. The SMILES string of the molecule is CCNC(CCN1C(=O)C2CC2C1=O)C(=O)OC. The molecule has 0 spiro atoms. The molecule has 1 heterocycles. The maximum absolute atomic E-state index is 11.7. The molecule has 2 fully saturated rings. The molecule has 3 unspecified atom stereocenters. The van der Waals surface area contributed by atoms with Crippen molar-refractivity contribution >= 4 is 17.8 Å². The summed E-state index contributed by atoms with van der Waals surface area (Å²) < 4.78 is 4.67. The Kier molecular flexibility index (Phi) is 3.65. The van der Waals surface area contributed by atoms with E-state index >= 15 is 0 Å². The highest BCUT2D eigenvalue weighted by Crippen LogP contribution is 2.46. The summed E-state index contributed by atoms with van der Waals surface area (Å²) in [6.07, 6.45) is 1.11. The van der Waals surface area contributed by atoms with E-state index in [2.05, 4.69) is 10.1 Å². The minimum atomic E-state index is -0.461. The first-order valence-corrected chi connectivity index (χ1v) is 6.26. The summed E-state index contributed by atoms with van der Waals surface area (Å²) in [5, 5.41) is 2.99. The normalized spacial score (nSPS) is 27.1. The van der Waals surface area contributed by atoms with Crippen molar-refractivity contribution in [3.8, 4) is 0 Å². The van der Waals surface area contributed by atoms with Crippen molar-refractivity contribution in [2.24, 2.45) is 11.8 Å². The third kappa shape index (κ3) is 2.25. The minimum absolute atomic E-state index is 0.0757. The fourth-order valence-corrected chi connectivity index (χ4v) is 2.42. The molecule has 0 radical (unpaired) electrons. The minimum Gasteiger partial charge on any atom is -0.468 e. The van der Waals surface area contributed by atoms with Crippen LogP contribution in [0.25, 0.3) is 0 Å². The lowest BCUT2D eigenvalue weighted by Gasteiger charge is -2.20. The molecule has 1 N–H and O–H groups in total. The molecule has 0 aromatic heterocycles. The number of rotatable bonds is 6. The van der Waals surface area contributed by atoms with Crippen LogP contribution >= 0.6 is 0 Å². The first kappa shape index (κ1) is 13.0. The number of likely N-dealkylation sites (N-methyl/N-ethyl adjacent to an activating group) is 1. The van der Waals surface area contributed by atoms with E-state index in [0.717, 1.165) is 0 Å². The van der Waals surface area contributed by atoms with Crippen molar-refractivity contribution in [3.05, 3.63) is 0 Å². The third-order valence-electron chi connectivity index (χ3n) is 3.53. The molecule has 0 aromatic rings. The molecule has 1 aliphatic heterocycles. The predicted octanol–water partition coefficient (Wildman–Crippen LogP) is -0.467. The summed E-state index contributed by atoms with van der Waals surface area (Å²) in [6, 6.07) is -0.461. The Morgan fingerprint density at radius 3 is 2.56 bits per heavy atom. The fraction of sp³-hybridized carbons (Fsp3) is 0.750. The summed E-state index contributed by atoms with van der Waals surface area (Å²) in [6.45, 7) is 2.81. The van der Waals surface area contributed by atoms with Crippen LogP contribution in [0.15, 0.2) is 0 Å². The molecule has 2 rings (SSSR count). The van der Waals surface area contributed by atoms with Gasteiger partial charge in [0.15, 0.2) is 0 Å². The van der Waals surface area contributed by atoms with Gasteiger partial charge in [-0.25, -0.2) is 0 Å². The molecule has 1 saturated carbocycles. The molecule has 3 atom stereocenters. The van der Waals surface area contributed by atoms with Gasteiger partial charge in [0.1, 0.15) is 6.04 Å². The zero-order chi connectivity index (χ0) is 13.3. The number of imide groups is 1. The highest BCUT2D eigenvalue weighted by atomic mass is 16.5. The highest BCUT2D eigenvalue weighted by molar-refractivity contribution is 6.08. The van der Waals surface area contributed by atoms with Gasteiger partial charge >= 0.3 is 5.97 Å². The lowest BCUT2D eigenvalue weighted by Crippen LogP contribution is -2.42. The molecule has 2 aliphatic rings. The van der Waals surface area contributed by atoms with Crippen LogP contribution in [-0.4, -0.2) is 48.9 Å². The van der Waals surface area contributed by atoms with Crippen LogP contribution in [0.3, 0.4) is 0 Å². The summed E-state index contributed by atoms with van der Waals surface area (Å²) in [5.74, 6) is -0.669. The van der Waals surface area contributed by atoms with Gasteiger partial charge in [-0.15, -0.1) is 0 Å². The monoisotopic (exact) mass is 254 g/mol. The number of hydrogen-bond acceptors (Lipinski definition) is 5. The number of ether oxygens (including phenoxy) is 1. The summed E-state index contributed by atoms with van der Waals surface area (Å²) >= 11 is 0. The fourth-order valence-electron chi connectivity index (χ4n) is 2.42. The third-order valence-corrected chi connectivity index (χ3v) is 3.53. The molecule has 100 valence electrons. The number of likely N-dealkylation sites (tertiary alicyclic amines) is 1. The zero-order valence-corrected chi connectivity index (χ0v) is 10.6. The van der Waals surface area contributed by atoms with Gasteiger partial charge in [0.05, 0.1) is 18.9 Å². The number of nitrogens with zero attached hydrogens (tertiary/aromatic N) is 1. The van der Waals surface area contributed by atoms with E-state index in [4.69, 9.17) is 0 Å². The maximum atomic E-state index is 11.7. The Hall–Kier alpha value is -1.43. The molecule has 1 saturated heterocycles. The number of methoxy groups -OCH3 is 1. The van der Waals surface area contributed by atoms with Crippen molar-refractivity contribution in [1.82, 2.24) is 10.2 Å². The zero-order valence-electron chi connectivity index (χ0n) is 10.6. The lowest BCUT2D eigenvalue weighted by molar-refractivity contribution is -0.146. The van der Waals surface area contributed by atoms with Crippen molar-refractivity contribution in [1.29, 1.82) is 0 Å². The standard InChI is InChI=1S/C12H18N2O4/c1-3-13-9(12(17)18-2)4-5-14-10(15)7-6-8(7)11(14)16/h7-9,13H,3-6H2,1-2H3. The van der Waals surface area contributed by atoms with Gasteiger partial charge in [0, 0.05) is 6.54 Å². The Labute approximate surface area is 106 Å². The molecule has 6 heteroatoms. The number of carbonyl (C=O) groups excluding carboxylic acids is 3. The van der Waals surface area contributed by atoms with Crippen LogP contribution < -0.4 is 5.32 Å². The number of esters is 1. The molecule has 1 aliphatic carbocycles. The van der Waals surface area contributed by atoms with Crippen LogP contribution in [0.5, 0.6) is 0 Å². The molecule has 6 nitrogen and oxygen atoms in total. The Morgan fingerprint density at radius 1 is 1.44 bits per heavy atom. The summed E-state index contributed by atoms with van der Waals surface area (Å²) in [5.41, 5.74) is 0. The second kappa shape index (κ2) is 5.06. The van der Waals surface area contributed by atoms with Crippen LogP contribution in [0, 0.1) is 11.8 Å². The smallest absolute Gasteiger partial charge is 0.322 e. The van der Waals surface area contributed by atoms with Crippen LogP contribution in [-0.2, 0) is 19.1 Å². The van der Waals surface area contributed by atoms with E-state index in [9.17, 15) is 14.4 Å². The van der Waals surface area contributed by atoms with Crippen LogP contribution in [0.1, 0.15) is 19.8 Å². The number of piperidine rings is 1. The predicted molar refractivity (Wildman–Crippen MR) is 62.4 cm³/mol. The topological polar surface area (TPSA) is 75.7 Å². The largest absolute Gasteiger partial charge is 0.468 e. The van der Waals surface area contributed by atoms with E-state index in [1.807, 2.05) is 6.92 Å². The average Bonchev–Trinajstić information content (AvgIpc) is 3.12. The number of amides is 2. The Balaban J connectivity index is 1.87. The van der Waals surface area contributed by atoms with Crippen molar-refractivity contribution in [2.45, 2.75) is 25.8 Å². The van der Waals surface area contributed by atoms with Gasteiger partial charge in [-0.1, -0.05) is 6.92 Å². The molecule has 0 aromatic carbocycles. The summed E-state index contributed by atoms with van der Waals surface area (Å²) in [7, 11) is 1.33. The first-order chi connectivity index (χ1) is 8.60. The Bertz CT molecular complexity index is 362. The van der Waals surface area contributed by atoms with Crippen molar-refractivity contribution in [3.63, 3.8) is 0 Å². The molecular formula is C12H18N2O4. The number of hydrogen-bond donors (Lipinski definition) is 1. The molecule has 2 amide bonds. The number of carbonyl (C=O) groups is 3. The number of fused-ring (bicyclic) bond motifs is 1. The van der Waals surface area contributed by atoms with Gasteiger partial charge in [0.2, 0.25) is 11.8 Å². The van der Waals surface area contributed by atoms with Gasteiger partial charge in [-0.2, -0.15) is 0 Å². The summed E-state index contributed by atoms with van der Waals surface area (Å²) in [4.78, 5) is 36.2. The lowest BCUT2D eigenvalue weighted by atomic mass is 10.2. The first-order valence-electron chi connectivity index (χ1n) is 6.26. The van der Waals surface area contributed by atoms with E-state index in [-0.39, 0.29) is 36.2 Å². The quantitative estimate of drug-likeness (QED) is 0.512. The van der Waals surface area contributed by atoms with Crippen LogP contribution in [0.4, 0.5) is 0 Å². The second-order valence-corrected chi connectivity index (χ2v) is 4.70. The second-order valence-electron chi connectivity index (χ2n) is 4.70. The maximum Gasteiger partial charge on any atom is 0.322 e. The van der Waals surface area contributed by atoms with Gasteiger partial charge in [-0.3, -0.25) is 19.3 Å². The van der Waals surface area contributed by atoms with E-state index < -0.39 is 6.04 Å². The highest BCUT2D eigenvalue weighted by Gasteiger charge is 2.58. The average molecular weight is 254 g/mol. The van der Waals surface area contributed by atoms with Gasteiger partial charge < -0.3 is 10.1 Å². The van der Waals surface area contributed by atoms with Gasteiger partial charge in [-0.05, 0) is 19.4 Å². The molecule has 18 heavy (non-hydrogen) atoms. The van der Waals surface area contributed by atoms with Crippen LogP contribution in [0.2, 0.25) is 0 Å². The van der Waals surface area contributed by atoms with Crippen molar-refractivity contribution < 1.29 is 19.1 Å². The molecule has 0 bridgehead atoms. The molecular weight excluding hydrogens is 236 g/mol.